The lowest BCUT2D eigenvalue weighted by molar-refractivity contribution is 0.102. The Morgan fingerprint density at radius 2 is 1.83 bits per heavy atom. The van der Waals surface area contributed by atoms with Crippen molar-refractivity contribution >= 4 is 21.4 Å². The van der Waals surface area contributed by atoms with Gasteiger partial charge in [-0.3, -0.25) is 9.78 Å². The number of rotatable bonds is 6. The largest absolute Gasteiger partial charge is 0.322 e. The molecule has 0 spiro atoms. The first-order valence-corrected chi connectivity index (χ1v) is 10.7. The van der Waals surface area contributed by atoms with E-state index in [2.05, 4.69) is 10.3 Å². The fourth-order valence-electron chi connectivity index (χ4n) is 2.97. The van der Waals surface area contributed by atoms with Crippen molar-refractivity contribution < 1.29 is 17.6 Å². The average Bonchev–Trinajstić information content (AvgIpc) is 2.71. The van der Waals surface area contributed by atoms with Gasteiger partial charge in [0.05, 0.1) is 10.6 Å². The van der Waals surface area contributed by atoms with Crippen molar-refractivity contribution in [1.82, 2.24) is 4.98 Å². The van der Waals surface area contributed by atoms with Crippen LogP contribution in [-0.2, 0) is 9.84 Å². The molecule has 2 aromatic carbocycles. The van der Waals surface area contributed by atoms with E-state index in [-0.39, 0.29) is 27.9 Å². The average molecular weight is 412 g/mol. The Labute approximate surface area is 169 Å². The number of nitrogens with zero attached hydrogens (tertiary/aromatic N) is 1. The summed E-state index contributed by atoms with van der Waals surface area (Å²) < 4.78 is 39.1. The zero-order chi connectivity index (χ0) is 21.0. The van der Waals surface area contributed by atoms with Crippen molar-refractivity contribution in [2.45, 2.75) is 24.7 Å². The normalized spacial score (nSPS) is 12.4. The number of halogens is 1. The van der Waals surface area contributed by atoms with Crippen LogP contribution in [0.3, 0.4) is 0 Å². The van der Waals surface area contributed by atoms with E-state index in [1.807, 2.05) is 6.92 Å². The van der Waals surface area contributed by atoms with Gasteiger partial charge in [-0.2, -0.15) is 0 Å². The number of carbonyl (C=O) groups is 1. The maximum absolute atomic E-state index is 13.4. The number of benzene rings is 2. The molecule has 0 saturated heterocycles. The highest BCUT2D eigenvalue weighted by molar-refractivity contribution is 7.91. The molecule has 1 N–H and O–H groups in total. The lowest BCUT2D eigenvalue weighted by Crippen LogP contribution is -2.16. The van der Waals surface area contributed by atoms with Crippen molar-refractivity contribution in [3.63, 3.8) is 0 Å². The topological polar surface area (TPSA) is 76.1 Å². The van der Waals surface area contributed by atoms with E-state index in [4.69, 9.17) is 0 Å². The van der Waals surface area contributed by atoms with Crippen molar-refractivity contribution in [3.8, 4) is 0 Å². The van der Waals surface area contributed by atoms with Gasteiger partial charge in [-0.15, -0.1) is 0 Å². The van der Waals surface area contributed by atoms with E-state index in [1.54, 1.807) is 31.5 Å². The molecule has 1 heterocycles. The third-order valence-corrected chi connectivity index (χ3v) is 6.53. The lowest BCUT2D eigenvalue weighted by Gasteiger charge is -2.13. The highest BCUT2D eigenvalue weighted by Crippen LogP contribution is 2.22. The van der Waals surface area contributed by atoms with E-state index in [1.165, 1.54) is 42.5 Å². The standard InChI is InChI=1S/C22H21FN2O3S/c1-15-12-19(6-7-21(15)23)25-22(26)18-4-3-5-20(13-18)29(27,28)14-16(2)17-8-10-24-11-9-17/h3-13,16H,14H2,1-2H3,(H,25,26). The van der Waals surface area contributed by atoms with E-state index in [9.17, 15) is 17.6 Å². The Kier molecular flexibility index (Phi) is 6.08. The number of aryl methyl sites for hydroxylation is 1. The number of pyridine rings is 1. The molecule has 0 aliphatic heterocycles. The molecule has 0 fully saturated rings. The molecular formula is C22H21FN2O3S. The number of sulfone groups is 1. The van der Waals surface area contributed by atoms with Crippen LogP contribution in [0, 0.1) is 12.7 Å². The molecule has 0 bridgehead atoms. The fourth-order valence-corrected chi connectivity index (χ4v) is 4.61. The predicted molar refractivity (Wildman–Crippen MR) is 110 cm³/mol. The molecule has 1 aromatic heterocycles. The second-order valence-corrected chi connectivity index (χ2v) is 8.94. The summed E-state index contributed by atoms with van der Waals surface area (Å²) in [5.74, 6) is -1.13. The van der Waals surface area contributed by atoms with E-state index in [0.29, 0.717) is 11.3 Å². The molecule has 1 atom stereocenters. The molecule has 1 unspecified atom stereocenters. The Hall–Kier alpha value is -3.06. The monoisotopic (exact) mass is 412 g/mol. The smallest absolute Gasteiger partial charge is 0.255 e. The van der Waals surface area contributed by atoms with Gasteiger partial charge in [-0.05, 0) is 72.5 Å². The summed E-state index contributed by atoms with van der Waals surface area (Å²) in [5, 5.41) is 2.66. The number of carbonyl (C=O) groups excluding carboxylic acids is 1. The first-order valence-electron chi connectivity index (χ1n) is 9.06. The van der Waals surface area contributed by atoms with Gasteiger partial charge in [-0.25, -0.2) is 12.8 Å². The summed E-state index contributed by atoms with van der Waals surface area (Å²) in [4.78, 5) is 16.6. The number of hydrogen-bond acceptors (Lipinski definition) is 4. The minimum absolute atomic E-state index is 0.0841. The molecule has 3 aromatic rings. The second-order valence-electron chi connectivity index (χ2n) is 6.91. The number of nitrogens with one attached hydrogen (secondary N) is 1. The molecule has 0 aliphatic carbocycles. The minimum Gasteiger partial charge on any atom is -0.322 e. The number of hydrogen-bond donors (Lipinski definition) is 1. The first kappa shape index (κ1) is 20.7. The maximum atomic E-state index is 13.4. The molecule has 0 aliphatic rings. The number of aromatic nitrogens is 1. The van der Waals surface area contributed by atoms with Crippen LogP contribution in [0.15, 0.2) is 71.9 Å². The van der Waals surface area contributed by atoms with Gasteiger partial charge >= 0.3 is 0 Å². The Bertz CT molecular complexity index is 1130. The molecular weight excluding hydrogens is 391 g/mol. The van der Waals surface area contributed by atoms with Crippen LogP contribution in [-0.4, -0.2) is 25.1 Å². The summed E-state index contributed by atoms with van der Waals surface area (Å²) in [6.45, 7) is 3.43. The molecule has 1 amide bonds. The summed E-state index contributed by atoms with van der Waals surface area (Å²) in [6.07, 6.45) is 3.25. The van der Waals surface area contributed by atoms with Crippen LogP contribution in [0.4, 0.5) is 10.1 Å². The predicted octanol–water partition coefficient (Wildman–Crippen LogP) is 4.36. The van der Waals surface area contributed by atoms with Crippen molar-refractivity contribution in [3.05, 3.63) is 89.5 Å². The molecule has 3 rings (SSSR count). The third kappa shape index (κ3) is 5.06. The summed E-state index contributed by atoms with van der Waals surface area (Å²) >= 11 is 0. The Morgan fingerprint density at radius 1 is 1.10 bits per heavy atom. The van der Waals surface area contributed by atoms with Crippen molar-refractivity contribution in [1.29, 1.82) is 0 Å². The number of anilines is 1. The van der Waals surface area contributed by atoms with Gasteiger partial charge in [0, 0.05) is 23.6 Å². The molecule has 0 saturated carbocycles. The zero-order valence-electron chi connectivity index (χ0n) is 16.1. The summed E-state index contributed by atoms with van der Waals surface area (Å²) in [5.41, 5.74) is 1.94. The molecule has 29 heavy (non-hydrogen) atoms. The van der Waals surface area contributed by atoms with Crippen LogP contribution in [0.1, 0.15) is 34.3 Å². The van der Waals surface area contributed by atoms with Crippen LogP contribution in [0.5, 0.6) is 0 Å². The zero-order valence-corrected chi connectivity index (χ0v) is 16.9. The highest BCUT2D eigenvalue weighted by Gasteiger charge is 2.21. The highest BCUT2D eigenvalue weighted by atomic mass is 32.2. The van der Waals surface area contributed by atoms with Gasteiger partial charge in [0.25, 0.3) is 5.91 Å². The minimum atomic E-state index is -3.60. The maximum Gasteiger partial charge on any atom is 0.255 e. The molecule has 150 valence electrons. The van der Waals surface area contributed by atoms with Crippen molar-refractivity contribution in [2.75, 3.05) is 11.1 Å². The summed E-state index contributed by atoms with van der Waals surface area (Å²) in [7, 11) is -3.60. The molecule has 0 radical (unpaired) electrons. The van der Waals surface area contributed by atoms with Gasteiger partial charge in [0.2, 0.25) is 0 Å². The Morgan fingerprint density at radius 3 is 2.52 bits per heavy atom. The quantitative estimate of drug-likeness (QED) is 0.653. The van der Waals surface area contributed by atoms with E-state index < -0.39 is 15.7 Å². The summed E-state index contributed by atoms with van der Waals surface area (Å²) in [6, 6.07) is 13.7. The van der Waals surface area contributed by atoms with Gasteiger partial charge < -0.3 is 5.32 Å². The number of amides is 1. The lowest BCUT2D eigenvalue weighted by atomic mass is 10.1. The van der Waals surface area contributed by atoms with Gasteiger partial charge in [0.1, 0.15) is 5.82 Å². The first-order chi connectivity index (χ1) is 13.8. The third-order valence-electron chi connectivity index (χ3n) is 4.62. The second kappa shape index (κ2) is 8.53. The van der Waals surface area contributed by atoms with Crippen LogP contribution in [0.2, 0.25) is 0 Å². The Balaban J connectivity index is 1.78. The molecule has 7 heteroatoms. The van der Waals surface area contributed by atoms with Crippen LogP contribution < -0.4 is 5.32 Å². The van der Waals surface area contributed by atoms with Gasteiger partial charge in [-0.1, -0.05) is 13.0 Å². The SMILES string of the molecule is Cc1cc(NC(=O)c2cccc(S(=O)(=O)CC(C)c3ccncc3)c2)ccc1F. The van der Waals surface area contributed by atoms with E-state index in [0.717, 1.165) is 5.56 Å². The van der Waals surface area contributed by atoms with Crippen LogP contribution in [0.25, 0.3) is 0 Å². The fraction of sp³-hybridized carbons (Fsp3) is 0.182. The molecule has 5 nitrogen and oxygen atoms in total. The van der Waals surface area contributed by atoms with Crippen molar-refractivity contribution in [2.24, 2.45) is 0 Å². The van der Waals surface area contributed by atoms with Gasteiger partial charge in [0.15, 0.2) is 9.84 Å². The van der Waals surface area contributed by atoms with Crippen LogP contribution >= 0.6 is 0 Å². The van der Waals surface area contributed by atoms with E-state index >= 15 is 0 Å².